The highest BCUT2D eigenvalue weighted by molar-refractivity contribution is 9.11. The lowest BCUT2D eigenvalue weighted by atomic mass is 9.98. The van der Waals surface area contributed by atoms with Crippen molar-refractivity contribution in [2.45, 2.75) is 33.6 Å². The van der Waals surface area contributed by atoms with Gasteiger partial charge in [-0.1, -0.05) is 39.8 Å². The minimum absolute atomic E-state index is 0.0892. The maximum absolute atomic E-state index is 11.9. The van der Waals surface area contributed by atoms with Gasteiger partial charge in [-0.15, -0.1) is 0 Å². The molecule has 1 N–H and O–H groups in total. The summed E-state index contributed by atoms with van der Waals surface area (Å²) in [6.07, 6.45) is 7.20. The highest BCUT2D eigenvalue weighted by Crippen LogP contribution is 2.42. The fraction of sp³-hybridized carbons (Fsp3) is 0.231. The molecule has 33 heavy (non-hydrogen) atoms. The Labute approximate surface area is 210 Å². The highest BCUT2D eigenvalue weighted by atomic mass is 79.9. The van der Waals surface area contributed by atoms with Gasteiger partial charge in [-0.25, -0.2) is 0 Å². The molecule has 0 spiro atoms. The first-order valence-corrected chi connectivity index (χ1v) is 12.1. The maximum Gasteiger partial charge on any atom is 0.313 e. The van der Waals surface area contributed by atoms with Gasteiger partial charge >= 0.3 is 5.97 Å². The van der Waals surface area contributed by atoms with Crippen LogP contribution in [0.4, 0.5) is 0 Å². The number of esters is 1. The average Bonchev–Trinajstić information content (AvgIpc) is 2.76. The third kappa shape index (κ3) is 6.45. The fourth-order valence-electron chi connectivity index (χ4n) is 2.98. The van der Waals surface area contributed by atoms with Gasteiger partial charge in [-0.05, 0) is 79.7 Å². The van der Waals surface area contributed by atoms with E-state index in [4.69, 9.17) is 9.47 Å². The number of phenols is 1. The lowest BCUT2D eigenvalue weighted by Crippen LogP contribution is -2.14. The predicted octanol–water partition coefficient (Wildman–Crippen LogP) is 7.96. The number of ether oxygens (including phenoxy) is 2. The molecule has 0 amide bonds. The molecule has 0 radical (unpaired) electrons. The van der Waals surface area contributed by atoms with E-state index < -0.39 is 0 Å². The molecule has 0 atom stereocenters. The predicted molar refractivity (Wildman–Crippen MR) is 138 cm³/mol. The second-order valence-electron chi connectivity index (χ2n) is 8.11. The van der Waals surface area contributed by atoms with Crippen molar-refractivity contribution in [1.29, 1.82) is 0 Å². The molecule has 0 bridgehead atoms. The number of phenolic OH excluding ortho intramolecular Hbond substituents is 1. The molecule has 0 unspecified atom stereocenters. The third-order valence-electron chi connectivity index (χ3n) is 4.81. The number of carbonyl (C=O) groups excluding carboxylic acids is 1. The lowest BCUT2D eigenvalue weighted by molar-refractivity contribution is -0.137. The smallest absolute Gasteiger partial charge is 0.313 e. The first-order chi connectivity index (χ1) is 15.7. The Balaban J connectivity index is 1.95. The van der Waals surface area contributed by atoms with Gasteiger partial charge in [-0.2, -0.15) is 0 Å². The maximum atomic E-state index is 11.9. The summed E-state index contributed by atoms with van der Waals surface area (Å²) in [5.74, 6) is 1.28. The average molecular weight is 575 g/mol. The van der Waals surface area contributed by atoms with Crippen molar-refractivity contribution in [1.82, 2.24) is 4.98 Å². The van der Waals surface area contributed by atoms with Gasteiger partial charge in [0.2, 0.25) is 0 Å². The van der Waals surface area contributed by atoms with E-state index in [2.05, 4.69) is 36.8 Å². The summed E-state index contributed by atoms with van der Waals surface area (Å²) in [5.41, 5.74) is 2.39. The number of aromatic hydroxyl groups is 1. The van der Waals surface area contributed by atoms with Crippen molar-refractivity contribution in [2.24, 2.45) is 5.92 Å². The van der Waals surface area contributed by atoms with E-state index in [1.165, 1.54) is 0 Å². The minimum Gasteiger partial charge on any atom is -0.507 e. The molecule has 1 aromatic heterocycles. The van der Waals surface area contributed by atoms with E-state index in [0.29, 0.717) is 31.8 Å². The van der Waals surface area contributed by atoms with Crippen LogP contribution >= 0.6 is 31.9 Å². The Morgan fingerprint density at radius 1 is 0.970 bits per heavy atom. The summed E-state index contributed by atoms with van der Waals surface area (Å²) in [6, 6.07) is 10.8. The quantitative estimate of drug-likeness (QED) is 0.229. The summed E-state index contributed by atoms with van der Waals surface area (Å²) >= 11 is 7.02. The first kappa shape index (κ1) is 25.0. The first-order valence-electron chi connectivity index (χ1n) is 10.5. The summed E-state index contributed by atoms with van der Waals surface area (Å²) in [5, 5.41) is 10.8. The number of hydrogen-bond donors (Lipinski definition) is 1. The molecule has 7 heteroatoms. The number of pyridine rings is 1. The van der Waals surface area contributed by atoms with Crippen LogP contribution in [0.3, 0.4) is 0 Å². The van der Waals surface area contributed by atoms with E-state index in [1.54, 1.807) is 44.4 Å². The summed E-state index contributed by atoms with van der Waals surface area (Å²) < 4.78 is 12.8. The number of halogens is 2. The zero-order valence-electron chi connectivity index (χ0n) is 18.8. The molecule has 0 aliphatic rings. The number of aromatic nitrogens is 1. The highest BCUT2D eigenvalue weighted by Gasteiger charge is 2.17. The van der Waals surface area contributed by atoms with Crippen LogP contribution in [0.25, 0.3) is 12.2 Å². The summed E-state index contributed by atoms with van der Waals surface area (Å²) in [6.45, 7) is 7.58. The van der Waals surface area contributed by atoms with Gasteiger partial charge in [0.05, 0.1) is 14.9 Å². The van der Waals surface area contributed by atoms with Crippen LogP contribution in [0.15, 0.2) is 57.7 Å². The molecule has 3 rings (SSSR count). The molecule has 2 aromatic carbocycles. The van der Waals surface area contributed by atoms with Crippen LogP contribution in [0.2, 0.25) is 0 Å². The molecule has 0 saturated carbocycles. The van der Waals surface area contributed by atoms with E-state index in [0.717, 1.165) is 11.1 Å². The largest absolute Gasteiger partial charge is 0.507 e. The van der Waals surface area contributed by atoms with Gasteiger partial charge in [0.25, 0.3) is 0 Å². The van der Waals surface area contributed by atoms with Crippen molar-refractivity contribution in [3.05, 3.63) is 74.4 Å². The van der Waals surface area contributed by atoms with Crippen LogP contribution in [0.5, 0.6) is 23.0 Å². The molecule has 0 aliphatic heterocycles. The Hall–Kier alpha value is -2.64. The molecule has 0 saturated heterocycles. The number of hydrogen-bond acceptors (Lipinski definition) is 5. The third-order valence-corrected chi connectivity index (χ3v) is 5.99. The molecule has 3 aromatic rings. The minimum atomic E-state index is -0.312. The van der Waals surface area contributed by atoms with Crippen molar-refractivity contribution in [2.75, 3.05) is 0 Å². The molecule has 0 aliphatic carbocycles. The SMILES string of the molecule is CC(C)C(=O)Oc1cc(Br)c(Oc2cc(C=Cc3ccncc3)c(O)c(C(C)C)c2)c(Br)c1. The molecule has 0 fully saturated rings. The van der Waals surface area contributed by atoms with Crippen molar-refractivity contribution in [3.63, 3.8) is 0 Å². The Morgan fingerprint density at radius 2 is 1.61 bits per heavy atom. The Kier molecular flexibility index (Phi) is 8.32. The number of nitrogens with zero attached hydrogens (tertiary/aromatic N) is 1. The van der Waals surface area contributed by atoms with Crippen molar-refractivity contribution in [3.8, 4) is 23.0 Å². The van der Waals surface area contributed by atoms with Crippen LogP contribution < -0.4 is 9.47 Å². The standard InChI is InChI=1S/C26H25Br2NO4/c1-15(2)21-12-19(11-18(24(21)30)6-5-17-7-9-29-10-8-17)32-25-22(27)13-20(14-23(25)28)33-26(31)16(3)4/h5-16,30H,1-4H3. The molecular formula is C26H25Br2NO4. The Bertz CT molecular complexity index is 1150. The number of carbonyl (C=O) groups is 1. The zero-order valence-corrected chi connectivity index (χ0v) is 22.0. The van der Waals surface area contributed by atoms with E-state index in [9.17, 15) is 9.90 Å². The number of rotatable bonds is 7. The van der Waals surface area contributed by atoms with Crippen LogP contribution in [0.1, 0.15) is 50.3 Å². The monoisotopic (exact) mass is 573 g/mol. The van der Waals surface area contributed by atoms with Crippen molar-refractivity contribution >= 4 is 50.0 Å². The second kappa shape index (κ2) is 11.0. The summed E-state index contributed by atoms with van der Waals surface area (Å²) in [7, 11) is 0. The zero-order chi connectivity index (χ0) is 24.1. The van der Waals surface area contributed by atoms with Gasteiger partial charge in [-0.3, -0.25) is 9.78 Å². The topological polar surface area (TPSA) is 68.7 Å². The van der Waals surface area contributed by atoms with E-state index >= 15 is 0 Å². The van der Waals surface area contributed by atoms with Crippen LogP contribution in [-0.4, -0.2) is 16.1 Å². The Morgan fingerprint density at radius 3 is 2.18 bits per heavy atom. The van der Waals surface area contributed by atoms with Crippen LogP contribution in [0, 0.1) is 5.92 Å². The lowest BCUT2D eigenvalue weighted by Gasteiger charge is -2.16. The normalized spacial score (nSPS) is 11.4. The molecule has 5 nitrogen and oxygen atoms in total. The van der Waals surface area contributed by atoms with Gasteiger partial charge in [0, 0.05) is 23.5 Å². The second-order valence-corrected chi connectivity index (χ2v) is 9.82. The molecular weight excluding hydrogens is 550 g/mol. The van der Waals surface area contributed by atoms with Gasteiger partial charge < -0.3 is 14.6 Å². The fourth-order valence-corrected chi connectivity index (χ4v) is 4.29. The van der Waals surface area contributed by atoms with Gasteiger partial charge in [0.15, 0.2) is 5.75 Å². The number of benzene rings is 2. The van der Waals surface area contributed by atoms with Crippen LogP contribution in [-0.2, 0) is 4.79 Å². The summed E-state index contributed by atoms with van der Waals surface area (Å²) in [4.78, 5) is 16.0. The van der Waals surface area contributed by atoms with E-state index in [-0.39, 0.29) is 23.6 Å². The van der Waals surface area contributed by atoms with Crippen molar-refractivity contribution < 1.29 is 19.4 Å². The van der Waals surface area contributed by atoms with E-state index in [1.807, 2.05) is 44.2 Å². The van der Waals surface area contributed by atoms with Gasteiger partial charge in [0.1, 0.15) is 17.2 Å². The molecule has 1 heterocycles. The molecule has 172 valence electrons.